The number of amides is 1. The fraction of sp³-hybridized carbons (Fsp3) is 0.231. The Morgan fingerprint density at radius 2 is 1.71 bits per heavy atom. The number of hydrogen-bond donors (Lipinski definition) is 3. The number of carbonyl (C=O) groups is 1. The van der Waals surface area contributed by atoms with Crippen LogP contribution in [0.25, 0.3) is 22.2 Å². The van der Waals surface area contributed by atoms with Gasteiger partial charge in [0.25, 0.3) is 5.91 Å². The normalized spacial score (nSPS) is 11.8. The lowest BCUT2D eigenvalue weighted by molar-refractivity contribution is 0.0937. The molecule has 1 amide bonds. The van der Waals surface area contributed by atoms with Crippen LogP contribution < -0.4 is 16.8 Å². The summed E-state index contributed by atoms with van der Waals surface area (Å²) < 4.78 is 29.0. The second kappa shape index (κ2) is 11.9. The lowest BCUT2D eigenvalue weighted by Crippen LogP contribution is -2.38. The van der Waals surface area contributed by atoms with Crippen molar-refractivity contribution in [1.82, 2.24) is 14.9 Å². The quantitative estimate of drug-likeness (QED) is 0.320. The Labute approximate surface area is 208 Å². The van der Waals surface area contributed by atoms with Gasteiger partial charge in [-0.05, 0) is 60.3 Å². The summed E-state index contributed by atoms with van der Waals surface area (Å²) in [5, 5.41) is 2.88. The molecule has 184 valence electrons. The fourth-order valence-corrected chi connectivity index (χ4v) is 3.87. The summed E-state index contributed by atoms with van der Waals surface area (Å²) >= 11 is 0. The number of nitrogens with one attached hydrogen (secondary N) is 1. The van der Waals surface area contributed by atoms with E-state index in [1.165, 1.54) is 6.07 Å². The van der Waals surface area contributed by atoms with Crippen LogP contribution in [0.4, 0.5) is 8.78 Å². The van der Waals surface area contributed by atoms with Crippen LogP contribution in [-0.4, -0.2) is 34.6 Å². The molecule has 0 saturated heterocycles. The average molecular weight is 500 g/mol. The first-order valence-corrected chi connectivity index (χ1v) is 11.2. The zero-order valence-corrected chi connectivity index (χ0v) is 19.9. The Kier molecular flexibility index (Phi) is 8.92. The van der Waals surface area contributed by atoms with Gasteiger partial charge >= 0.3 is 0 Å². The highest BCUT2D eigenvalue weighted by atomic mass is 35.5. The highest BCUT2D eigenvalue weighted by Crippen LogP contribution is 2.27. The Bertz CT molecular complexity index is 1300. The van der Waals surface area contributed by atoms with Crippen molar-refractivity contribution >= 4 is 29.3 Å². The van der Waals surface area contributed by atoms with Crippen molar-refractivity contribution in [2.75, 3.05) is 13.1 Å². The van der Waals surface area contributed by atoms with E-state index in [1.54, 1.807) is 6.07 Å². The molecular weight excluding hydrogens is 472 g/mol. The topological polar surface area (TPSA) is 99.0 Å². The van der Waals surface area contributed by atoms with E-state index >= 15 is 0 Å². The van der Waals surface area contributed by atoms with E-state index in [2.05, 4.69) is 10.3 Å². The second-order valence-electron chi connectivity index (χ2n) is 8.24. The molecule has 0 aliphatic heterocycles. The lowest BCUT2D eigenvalue weighted by Gasteiger charge is -2.13. The minimum atomic E-state index is -0.918. The zero-order chi connectivity index (χ0) is 24.1. The first-order chi connectivity index (χ1) is 16.5. The molecule has 0 aliphatic carbocycles. The number of nitrogens with two attached hydrogens (primary N) is 2. The van der Waals surface area contributed by atoms with E-state index in [4.69, 9.17) is 11.5 Å². The van der Waals surface area contributed by atoms with Gasteiger partial charge in [0.2, 0.25) is 0 Å². The molecule has 9 heteroatoms. The molecule has 0 radical (unpaired) electrons. The van der Waals surface area contributed by atoms with Crippen LogP contribution in [0, 0.1) is 11.6 Å². The van der Waals surface area contributed by atoms with Crippen molar-refractivity contribution in [1.29, 1.82) is 0 Å². The molecule has 0 bridgehead atoms. The summed E-state index contributed by atoms with van der Waals surface area (Å²) in [7, 11) is 0. The molecule has 4 aromatic rings. The van der Waals surface area contributed by atoms with Gasteiger partial charge in [-0.2, -0.15) is 0 Å². The van der Waals surface area contributed by atoms with Crippen LogP contribution in [-0.2, 0) is 6.54 Å². The molecule has 1 heterocycles. The number of fused-ring (bicyclic) bond motifs is 1. The number of imidazole rings is 1. The molecule has 5 N–H and O–H groups in total. The Morgan fingerprint density at radius 3 is 2.43 bits per heavy atom. The number of rotatable bonds is 9. The molecular formula is C26H28ClF2N5O. The third kappa shape index (κ3) is 6.22. The summed E-state index contributed by atoms with van der Waals surface area (Å²) in [5.41, 5.74) is 15.2. The predicted octanol–water partition coefficient (Wildman–Crippen LogP) is 4.25. The first-order valence-electron chi connectivity index (χ1n) is 11.2. The molecule has 0 saturated carbocycles. The van der Waals surface area contributed by atoms with Gasteiger partial charge in [0.05, 0.1) is 11.0 Å². The van der Waals surface area contributed by atoms with Crippen LogP contribution in [0.5, 0.6) is 0 Å². The molecule has 6 nitrogen and oxygen atoms in total. The van der Waals surface area contributed by atoms with E-state index in [1.807, 2.05) is 47.0 Å². The maximum absolute atomic E-state index is 13.8. The van der Waals surface area contributed by atoms with Crippen molar-refractivity contribution in [3.8, 4) is 11.1 Å². The van der Waals surface area contributed by atoms with Crippen LogP contribution >= 0.6 is 12.4 Å². The second-order valence-corrected chi connectivity index (χ2v) is 8.24. The average Bonchev–Trinajstić information content (AvgIpc) is 3.21. The molecule has 0 fully saturated rings. The minimum Gasteiger partial charge on any atom is -0.348 e. The number of aromatic nitrogens is 2. The van der Waals surface area contributed by atoms with Gasteiger partial charge in [-0.3, -0.25) is 4.79 Å². The van der Waals surface area contributed by atoms with E-state index in [0.717, 1.165) is 36.1 Å². The van der Waals surface area contributed by atoms with Gasteiger partial charge in [-0.25, -0.2) is 13.8 Å². The van der Waals surface area contributed by atoms with Crippen molar-refractivity contribution < 1.29 is 13.6 Å². The smallest absolute Gasteiger partial charge is 0.287 e. The SMILES string of the molecule is Cl.NCCCC(N)CNC(=O)c1nc2cc(-c3ccc(F)c(F)c3)ccc2n1Cc1ccccc1. The number of benzene rings is 3. The summed E-state index contributed by atoms with van der Waals surface area (Å²) in [6, 6.07) is 18.7. The van der Waals surface area contributed by atoms with E-state index in [0.29, 0.717) is 36.3 Å². The standard InChI is InChI=1S/C26H27F2N5O.ClH/c27-21-10-8-18(13-22(21)28)19-9-11-24-23(14-19)32-25(26(34)31-15-20(30)7-4-12-29)33(24)16-17-5-2-1-3-6-17;/h1-3,5-6,8-11,13-14,20H,4,7,12,15-16,29-30H2,(H,31,34);1H. The number of nitrogens with zero attached hydrogens (tertiary/aromatic N) is 2. The maximum atomic E-state index is 13.8. The minimum absolute atomic E-state index is 0. The van der Waals surface area contributed by atoms with Crippen molar-refractivity contribution in [3.05, 3.63) is 89.8 Å². The first kappa shape index (κ1) is 26.3. The molecule has 35 heavy (non-hydrogen) atoms. The summed E-state index contributed by atoms with van der Waals surface area (Å²) in [4.78, 5) is 17.7. The van der Waals surface area contributed by atoms with E-state index < -0.39 is 11.6 Å². The van der Waals surface area contributed by atoms with Crippen LogP contribution in [0.3, 0.4) is 0 Å². The molecule has 0 aliphatic rings. The molecule has 1 aromatic heterocycles. The number of halogens is 3. The van der Waals surface area contributed by atoms with Gasteiger partial charge in [0.1, 0.15) is 0 Å². The van der Waals surface area contributed by atoms with Gasteiger partial charge in [-0.1, -0.05) is 42.5 Å². The maximum Gasteiger partial charge on any atom is 0.287 e. The molecule has 3 aromatic carbocycles. The highest BCUT2D eigenvalue weighted by Gasteiger charge is 2.19. The summed E-state index contributed by atoms with van der Waals surface area (Å²) in [5.74, 6) is -1.89. The van der Waals surface area contributed by atoms with Gasteiger partial charge in [0.15, 0.2) is 17.5 Å². The Morgan fingerprint density at radius 1 is 1.00 bits per heavy atom. The van der Waals surface area contributed by atoms with Gasteiger partial charge in [0, 0.05) is 19.1 Å². The fourth-order valence-electron chi connectivity index (χ4n) is 3.87. The highest BCUT2D eigenvalue weighted by molar-refractivity contribution is 5.95. The Hall–Kier alpha value is -3.33. The third-order valence-electron chi connectivity index (χ3n) is 5.69. The van der Waals surface area contributed by atoms with Gasteiger partial charge in [-0.15, -0.1) is 12.4 Å². The zero-order valence-electron chi connectivity index (χ0n) is 19.1. The van der Waals surface area contributed by atoms with Crippen molar-refractivity contribution in [2.24, 2.45) is 11.5 Å². The third-order valence-corrected chi connectivity index (χ3v) is 5.69. The van der Waals surface area contributed by atoms with Crippen molar-refractivity contribution in [3.63, 3.8) is 0 Å². The number of carbonyl (C=O) groups excluding carboxylic acids is 1. The molecule has 1 unspecified atom stereocenters. The van der Waals surface area contributed by atoms with Crippen molar-refractivity contribution in [2.45, 2.75) is 25.4 Å². The monoisotopic (exact) mass is 499 g/mol. The molecule has 4 rings (SSSR count). The lowest BCUT2D eigenvalue weighted by atomic mass is 10.0. The summed E-state index contributed by atoms with van der Waals surface area (Å²) in [6.07, 6.45) is 1.51. The summed E-state index contributed by atoms with van der Waals surface area (Å²) in [6.45, 7) is 1.31. The molecule has 1 atom stereocenters. The van der Waals surface area contributed by atoms with E-state index in [-0.39, 0.29) is 30.2 Å². The largest absolute Gasteiger partial charge is 0.348 e. The molecule has 0 spiro atoms. The number of hydrogen-bond acceptors (Lipinski definition) is 4. The van der Waals surface area contributed by atoms with E-state index in [9.17, 15) is 13.6 Å². The van der Waals surface area contributed by atoms with Crippen LogP contribution in [0.15, 0.2) is 66.7 Å². The van der Waals surface area contributed by atoms with Gasteiger partial charge < -0.3 is 21.4 Å². The predicted molar refractivity (Wildman–Crippen MR) is 136 cm³/mol. The Balaban J connectivity index is 0.00000342. The van der Waals surface area contributed by atoms with Crippen LogP contribution in [0.1, 0.15) is 29.0 Å². The van der Waals surface area contributed by atoms with Crippen LogP contribution in [0.2, 0.25) is 0 Å².